The molecule has 2 aromatic carbocycles. The molecule has 5 nitrogen and oxygen atoms in total. The van der Waals surface area contributed by atoms with Gasteiger partial charge >= 0.3 is 0 Å². The van der Waals surface area contributed by atoms with E-state index in [4.69, 9.17) is 14.2 Å². The lowest BCUT2D eigenvalue weighted by molar-refractivity contribution is -0.121. The van der Waals surface area contributed by atoms with Crippen molar-refractivity contribution in [1.29, 1.82) is 0 Å². The van der Waals surface area contributed by atoms with E-state index in [9.17, 15) is 4.79 Å². The monoisotopic (exact) mass is 327 g/mol. The highest BCUT2D eigenvalue weighted by molar-refractivity contribution is 5.76. The smallest absolute Gasteiger partial charge is 0.231 e. The van der Waals surface area contributed by atoms with Crippen LogP contribution in [0.1, 0.15) is 30.5 Å². The van der Waals surface area contributed by atoms with Crippen molar-refractivity contribution < 1.29 is 19.0 Å². The van der Waals surface area contributed by atoms with E-state index in [0.717, 1.165) is 28.4 Å². The summed E-state index contributed by atoms with van der Waals surface area (Å²) in [6, 6.07) is 13.4. The lowest BCUT2D eigenvalue weighted by Gasteiger charge is -2.17. The fourth-order valence-electron chi connectivity index (χ4n) is 2.77. The number of methoxy groups -OCH3 is 1. The molecule has 0 aliphatic carbocycles. The van der Waals surface area contributed by atoms with Gasteiger partial charge in [-0.2, -0.15) is 0 Å². The van der Waals surface area contributed by atoms with E-state index in [-0.39, 0.29) is 18.7 Å². The maximum Gasteiger partial charge on any atom is 0.231 e. The second-order valence-corrected chi connectivity index (χ2v) is 5.72. The summed E-state index contributed by atoms with van der Waals surface area (Å²) >= 11 is 0. The van der Waals surface area contributed by atoms with Crippen LogP contribution in [0.4, 0.5) is 0 Å². The Kier molecular flexibility index (Phi) is 4.89. The zero-order chi connectivity index (χ0) is 16.9. The molecule has 0 saturated heterocycles. The van der Waals surface area contributed by atoms with Gasteiger partial charge in [0, 0.05) is 12.0 Å². The number of benzene rings is 2. The van der Waals surface area contributed by atoms with E-state index in [0.29, 0.717) is 12.8 Å². The molecule has 0 fully saturated rings. The summed E-state index contributed by atoms with van der Waals surface area (Å²) in [7, 11) is 1.63. The number of aryl methyl sites for hydroxylation is 1. The Morgan fingerprint density at radius 2 is 2.00 bits per heavy atom. The van der Waals surface area contributed by atoms with Gasteiger partial charge in [0.1, 0.15) is 5.75 Å². The van der Waals surface area contributed by atoms with Gasteiger partial charge in [0.05, 0.1) is 13.2 Å². The van der Waals surface area contributed by atoms with Crippen molar-refractivity contribution >= 4 is 5.91 Å². The number of fused-ring (bicyclic) bond motifs is 1. The Labute approximate surface area is 141 Å². The summed E-state index contributed by atoms with van der Waals surface area (Å²) in [6.45, 7) is 2.21. The van der Waals surface area contributed by atoms with Gasteiger partial charge in [0.25, 0.3) is 0 Å². The van der Waals surface area contributed by atoms with Crippen molar-refractivity contribution in [2.75, 3.05) is 13.9 Å². The summed E-state index contributed by atoms with van der Waals surface area (Å²) in [5.74, 6) is 2.29. The number of para-hydroxylation sites is 1. The second kappa shape index (κ2) is 7.25. The SMILES string of the molecule is COc1ccccc1C(C)NC(=O)CCc1ccc2c(c1)OCO2. The first-order valence-corrected chi connectivity index (χ1v) is 7.98. The molecule has 0 radical (unpaired) electrons. The van der Waals surface area contributed by atoms with Gasteiger partial charge in [0.15, 0.2) is 11.5 Å². The number of ether oxygens (including phenoxy) is 3. The predicted molar refractivity (Wildman–Crippen MR) is 90.4 cm³/mol. The summed E-state index contributed by atoms with van der Waals surface area (Å²) in [5.41, 5.74) is 2.02. The first-order chi connectivity index (χ1) is 11.7. The number of carbonyl (C=O) groups excluding carboxylic acids is 1. The molecule has 5 heteroatoms. The maximum absolute atomic E-state index is 12.2. The Bertz CT molecular complexity index is 729. The Morgan fingerprint density at radius 1 is 1.21 bits per heavy atom. The van der Waals surface area contributed by atoms with Crippen LogP contribution in [0.2, 0.25) is 0 Å². The maximum atomic E-state index is 12.2. The molecule has 1 amide bonds. The number of hydrogen-bond donors (Lipinski definition) is 1. The van der Waals surface area contributed by atoms with E-state index in [2.05, 4.69) is 5.32 Å². The van der Waals surface area contributed by atoms with E-state index >= 15 is 0 Å². The van der Waals surface area contributed by atoms with Crippen molar-refractivity contribution in [2.45, 2.75) is 25.8 Å². The minimum Gasteiger partial charge on any atom is -0.496 e. The van der Waals surface area contributed by atoms with Gasteiger partial charge in [-0.15, -0.1) is 0 Å². The van der Waals surface area contributed by atoms with Crippen LogP contribution in [0.3, 0.4) is 0 Å². The number of rotatable bonds is 6. The Balaban J connectivity index is 1.55. The lowest BCUT2D eigenvalue weighted by atomic mass is 10.1. The molecule has 3 rings (SSSR count). The second-order valence-electron chi connectivity index (χ2n) is 5.72. The van der Waals surface area contributed by atoms with Crippen LogP contribution < -0.4 is 19.5 Å². The molecule has 0 saturated carbocycles. The number of carbonyl (C=O) groups is 1. The summed E-state index contributed by atoms with van der Waals surface area (Å²) in [6.07, 6.45) is 1.07. The molecule has 1 heterocycles. The van der Waals surface area contributed by atoms with E-state index in [1.807, 2.05) is 49.4 Å². The zero-order valence-electron chi connectivity index (χ0n) is 13.9. The summed E-state index contributed by atoms with van der Waals surface area (Å²) in [4.78, 5) is 12.2. The highest BCUT2D eigenvalue weighted by Crippen LogP contribution is 2.32. The van der Waals surface area contributed by atoms with E-state index in [1.54, 1.807) is 7.11 Å². The van der Waals surface area contributed by atoms with Crippen LogP contribution in [0.25, 0.3) is 0 Å². The van der Waals surface area contributed by atoms with Gasteiger partial charge in [0.2, 0.25) is 12.7 Å². The average Bonchev–Trinajstić information content (AvgIpc) is 3.07. The number of nitrogens with one attached hydrogen (secondary N) is 1. The fraction of sp³-hybridized carbons (Fsp3) is 0.316. The largest absolute Gasteiger partial charge is 0.496 e. The van der Waals surface area contributed by atoms with Crippen LogP contribution in [0.15, 0.2) is 42.5 Å². The molecule has 1 unspecified atom stereocenters. The van der Waals surface area contributed by atoms with Crippen molar-refractivity contribution in [3.8, 4) is 17.2 Å². The van der Waals surface area contributed by atoms with Crippen molar-refractivity contribution in [2.24, 2.45) is 0 Å². The van der Waals surface area contributed by atoms with Gasteiger partial charge in [-0.3, -0.25) is 4.79 Å². The third-order valence-electron chi connectivity index (χ3n) is 4.06. The first kappa shape index (κ1) is 16.2. The topological polar surface area (TPSA) is 56.8 Å². The quantitative estimate of drug-likeness (QED) is 0.885. The molecule has 1 atom stereocenters. The minimum absolute atomic E-state index is 0.00562. The van der Waals surface area contributed by atoms with Gasteiger partial charge in [-0.25, -0.2) is 0 Å². The molecular formula is C19H21NO4. The van der Waals surface area contributed by atoms with Gasteiger partial charge < -0.3 is 19.5 Å². The third kappa shape index (κ3) is 3.62. The summed E-state index contributed by atoms with van der Waals surface area (Å²) in [5, 5.41) is 3.02. The lowest BCUT2D eigenvalue weighted by Crippen LogP contribution is -2.27. The number of amides is 1. The molecule has 1 aliphatic heterocycles. The molecular weight excluding hydrogens is 306 g/mol. The molecule has 0 spiro atoms. The fourth-order valence-corrected chi connectivity index (χ4v) is 2.77. The van der Waals surface area contributed by atoms with Crippen LogP contribution in [-0.4, -0.2) is 19.8 Å². The summed E-state index contributed by atoms with van der Waals surface area (Å²) < 4.78 is 16.0. The standard InChI is InChI=1S/C19H21NO4/c1-13(15-5-3-4-6-16(15)22-2)20-19(21)10-8-14-7-9-17-18(11-14)24-12-23-17/h3-7,9,11,13H,8,10,12H2,1-2H3,(H,20,21). The van der Waals surface area contributed by atoms with Crippen molar-refractivity contribution in [1.82, 2.24) is 5.32 Å². The highest BCUT2D eigenvalue weighted by atomic mass is 16.7. The minimum atomic E-state index is -0.106. The molecule has 0 aromatic heterocycles. The Hall–Kier alpha value is -2.69. The average molecular weight is 327 g/mol. The van der Waals surface area contributed by atoms with Crippen LogP contribution in [-0.2, 0) is 11.2 Å². The molecule has 24 heavy (non-hydrogen) atoms. The molecule has 1 N–H and O–H groups in total. The van der Waals surface area contributed by atoms with Crippen molar-refractivity contribution in [3.63, 3.8) is 0 Å². The molecule has 0 bridgehead atoms. The van der Waals surface area contributed by atoms with Crippen molar-refractivity contribution in [3.05, 3.63) is 53.6 Å². The van der Waals surface area contributed by atoms with E-state index < -0.39 is 0 Å². The van der Waals surface area contributed by atoms with E-state index in [1.165, 1.54) is 0 Å². The van der Waals surface area contributed by atoms with Crippen LogP contribution in [0, 0.1) is 0 Å². The zero-order valence-corrected chi connectivity index (χ0v) is 13.9. The van der Waals surface area contributed by atoms with Gasteiger partial charge in [-0.05, 0) is 37.1 Å². The first-order valence-electron chi connectivity index (χ1n) is 7.98. The number of hydrogen-bond acceptors (Lipinski definition) is 4. The van der Waals surface area contributed by atoms with Crippen LogP contribution in [0.5, 0.6) is 17.2 Å². The van der Waals surface area contributed by atoms with Gasteiger partial charge in [-0.1, -0.05) is 24.3 Å². The molecule has 2 aromatic rings. The van der Waals surface area contributed by atoms with Crippen LogP contribution >= 0.6 is 0 Å². The Morgan fingerprint density at radius 3 is 2.83 bits per heavy atom. The predicted octanol–water partition coefficient (Wildman–Crippen LogP) is 3.23. The normalized spacial score (nSPS) is 13.4. The highest BCUT2D eigenvalue weighted by Gasteiger charge is 2.15. The third-order valence-corrected chi connectivity index (χ3v) is 4.06. The molecule has 1 aliphatic rings. The molecule has 126 valence electrons.